The van der Waals surface area contributed by atoms with Gasteiger partial charge in [0.15, 0.2) is 5.75 Å². The summed E-state index contributed by atoms with van der Waals surface area (Å²) in [6.07, 6.45) is 0.480. The van der Waals surface area contributed by atoms with E-state index in [9.17, 15) is 18.0 Å². The van der Waals surface area contributed by atoms with E-state index in [0.717, 1.165) is 0 Å². The zero-order valence-electron chi connectivity index (χ0n) is 12.1. The second-order valence-corrected chi connectivity index (χ2v) is 6.81. The van der Waals surface area contributed by atoms with E-state index < -0.39 is 27.7 Å². The van der Waals surface area contributed by atoms with Crippen LogP contribution >= 0.6 is 0 Å². The lowest BCUT2D eigenvalue weighted by molar-refractivity contribution is -0.140. The van der Waals surface area contributed by atoms with Crippen LogP contribution in [0.4, 0.5) is 0 Å². The van der Waals surface area contributed by atoms with Crippen molar-refractivity contribution in [1.82, 2.24) is 4.72 Å². The molecule has 0 saturated heterocycles. The van der Waals surface area contributed by atoms with Crippen molar-refractivity contribution in [3.05, 3.63) is 0 Å². The highest BCUT2D eigenvalue weighted by Crippen LogP contribution is 2.15. The second-order valence-electron chi connectivity index (χ2n) is 5.01. The van der Waals surface area contributed by atoms with Gasteiger partial charge >= 0.3 is 11.9 Å². The number of rotatable bonds is 10. The molecule has 8 heteroatoms. The first-order chi connectivity index (χ1) is 9.16. The van der Waals surface area contributed by atoms with E-state index in [4.69, 9.17) is 5.11 Å². The molecule has 0 aliphatic carbocycles. The van der Waals surface area contributed by atoms with Crippen molar-refractivity contribution in [2.75, 3.05) is 18.9 Å². The maximum absolute atomic E-state index is 11.6. The monoisotopic (exact) mass is 309 g/mol. The van der Waals surface area contributed by atoms with E-state index in [-0.39, 0.29) is 31.4 Å². The average Bonchev–Trinajstić information content (AvgIpc) is 2.24. The first kappa shape index (κ1) is 18.9. The molecule has 0 rings (SSSR count). The number of carboxylic acids is 1. The number of hydrogen-bond donors (Lipinski definition) is 2. The third-order valence-corrected chi connectivity index (χ3v) is 3.70. The Hall–Kier alpha value is -1.15. The Morgan fingerprint density at radius 3 is 2.35 bits per heavy atom. The molecular formula is C12H23NO6S. The molecule has 0 aromatic carbocycles. The third-order valence-electron chi connectivity index (χ3n) is 2.47. The minimum atomic E-state index is -3.79. The highest BCUT2D eigenvalue weighted by molar-refractivity contribution is 7.90. The van der Waals surface area contributed by atoms with Crippen LogP contribution in [0.15, 0.2) is 0 Å². The first-order valence-corrected chi connectivity index (χ1v) is 8.16. The van der Waals surface area contributed by atoms with Gasteiger partial charge in [0.25, 0.3) is 0 Å². The van der Waals surface area contributed by atoms with Crippen LogP contribution in [-0.2, 0) is 24.3 Å². The van der Waals surface area contributed by atoms with Crippen LogP contribution in [0.3, 0.4) is 0 Å². The fourth-order valence-corrected chi connectivity index (χ4v) is 2.79. The summed E-state index contributed by atoms with van der Waals surface area (Å²) >= 11 is 0. The molecule has 0 aromatic rings. The van der Waals surface area contributed by atoms with Gasteiger partial charge in [-0.3, -0.25) is 9.59 Å². The van der Waals surface area contributed by atoms with E-state index in [1.54, 1.807) is 6.92 Å². The number of hydrogen-bond acceptors (Lipinski definition) is 5. The summed E-state index contributed by atoms with van der Waals surface area (Å²) in [6.45, 7) is 5.57. The Balaban J connectivity index is 4.44. The number of aliphatic carboxylic acids is 1. The zero-order valence-corrected chi connectivity index (χ0v) is 12.9. The largest absolute Gasteiger partial charge is 0.481 e. The Bertz CT molecular complexity index is 418. The molecule has 118 valence electrons. The highest BCUT2D eigenvalue weighted by atomic mass is 32.2. The smallest absolute Gasteiger partial charge is 0.322 e. The van der Waals surface area contributed by atoms with Gasteiger partial charge in [-0.2, -0.15) is 0 Å². The van der Waals surface area contributed by atoms with Crippen molar-refractivity contribution < 1.29 is 27.9 Å². The summed E-state index contributed by atoms with van der Waals surface area (Å²) in [5.74, 6) is -2.58. The van der Waals surface area contributed by atoms with Gasteiger partial charge in [0.2, 0.25) is 10.0 Å². The van der Waals surface area contributed by atoms with Gasteiger partial charge in [-0.25, -0.2) is 13.1 Å². The quantitative estimate of drug-likeness (QED) is 0.572. The molecule has 0 amide bonds. The number of carbonyl (C=O) groups is 2. The standard InChI is InChI=1S/C12H23NO6S/c1-4-19-12(16)8-20(17,18)13-7-10(5-9(2)3)6-11(14)15/h9-10,13H,4-8H2,1-3H3,(H,14,15)/t10-/m0/s1. The normalized spacial score (nSPS) is 13.2. The fraction of sp³-hybridized carbons (Fsp3) is 0.833. The molecule has 0 heterocycles. The molecular weight excluding hydrogens is 286 g/mol. The number of carboxylic acid groups (broad SMARTS) is 1. The summed E-state index contributed by atoms with van der Waals surface area (Å²) in [5, 5.41) is 8.79. The molecule has 0 fully saturated rings. The second kappa shape index (κ2) is 8.91. The Morgan fingerprint density at radius 1 is 1.30 bits per heavy atom. The van der Waals surface area contributed by atoms with Gasteiger partial charge in [0.05, 0.1) is 6.61 Å². The molecule has 0 aliphatic rings. The average molecular weight is 309 g/mol. The van der Waals surface area contributed by atoms with Crippen molar-refractivity contribution in [2.24, 2.45) is 11.8 Å². The van der Waals surface area contributed by atoms with Gasteiger partial charge in [-0.1, -0.05) is 13.8 Å². The minimum absolute atomic E-state index is 0.00617. The van der Waals surface area contributed by atoms with Crippen LogP contribution in [0.2, 0.25) is 0 Å². The van der Waals surface area contributed by atoms with Crippen molar-refractivity contribution in [3.8, 4) is 0 Å². The van der Waals surface area contributed by atoms with E-state index in [0.29, 0.717) is 6.42 Å². The van der Waals surface area contributed by atoms with Gasteiger partial charge in [-0.15, -0.1) is 0 Å². The summed E-state index contributed by atoms with van der Waals surface area (Å²) < 4.78 is 30.1. The number of sulfonamides is 1. The van der Waals surface area contributed by atoms with Crippen LogP contribution in [0.5, 0.6) is 0 Å². The SMILES string of the molecule is CCOC(=O)CS(=O)(=O)NC[C@H](CC(=O)O)CC(C)C. The highest BCUT2D eigenvalue weighted by Gasteiger charge is 2.21. The lowest BCUT2D eigenvalue weighted by atomic mass is 9.94. The molecule has 0 saturated carbocycles. The molecule has 0 spiro atoms. The molecule has 7 nitrogen and oxygen atoms in total. The van der Waals surface area contributed by atoms with Crippen LogP contribution in [-0.4, -0.2) is 44.4 Å². The molecule has 0 aromatic heterocycles. The van der Waals surface area contributed by atoms with Gasteiger partial charge in [0.1, 0.15) is 0 Å². The summed E-state index contributed by atoms with van der Waals surface area (Å²) in [7, 11) is -3.79. The number of carbonyl (C=O) groups excluding carboxylic acids is 1. The zero-order chi connectivity index (χ0) is 15.8. The lowest BCUT2D eigenvalue weighted by Gasteiger charge is -2.17. The third kappa shape index (κ3) is 9.74. The number of ether oxygens (including phenoxy) is 1. The van der Waals surface area contributed by atoms with Crippen LogP contribution in [0.1, 0.15) is 33.6 Å². The summed E-state index contributed by atoms with van der Waals surface area (Å²) in [5.41, 5.74) is 0. The fourth-order valence-electron chi connectivity index (χ4n) is 1.81. The van der Waals surface area contributed by atoms with E-state index in [1.165, 1.54) is 0 Å². The van der Waals surface area contributed by atoms with E-state index in [1.807, 2.05) is 13.8 Å². The Morgan fingerprint density at radius 2 is 1.90 bits per heavy atom. The van der Waals surface area contributed by atoms with Crippen LogP contribution < -0.4 is 4.72 Å². The molecule has 2 N–H and O–H groups in total. The van der Waals surface area contributed by atoms with Gasteiger partial charge in [-0.05, 0) is 25.2 Å². The first-order valence-electron chi connectivity index (χ1n) is 6.51. The van der Waals surface area contributed by atoms with E-state index >= 15 is 0 Å². The molecule has 0 aliphatic heterocycles. The van der Waals surface area contributed by atoms with Crippen LogP contribution in [0.25, 0.3) is 0 Å². The molecule has 20 heavy (non-hydrogen) atoms. The molecule has 1 atom stereocenters. The predicted octanol–water partition coefficient (Wildman–Crippen LogP) is 0.606. The van der Waals surface area contributed by atoms with Crippen molar-refractivity contribution in [3.63, 3.8) is 0 Å². The number of nitrogens with one attached hydrogen (secondary N) is 1. The molecule has 0 unspecified atom stereocenters. The molecule has 0 bridgehead atoms. The molecule has 0 radical (unpaired) electrons. The van der Waals surface area contributed by atoms with Crippen LogP contribution in [0, 0.1) is 11.8 Å². The summed E-state index contributed by atoms with van der Waals surface area (Å²) in [4.78, 5) is 21.9. The van der Waals surface area contributed by atoms with Crippen molar-refractivity contribution in [2.45, 2.75) is 33.6 Å². The minimum Gasteiger partial charge on any atom is -0.481 e. The maximum Gasteiger partial charge on any atom is 0.322 e. The van der Waals surface area contributed by atoms with Crippen molar-refractivity contribution in [1.29, 1.82) is 0 Å². The Labute approximate surface area is 119 Å². The lowest BCUT2D eigenvalue weighted by Crippen LogP contribution is -2.35. The van der Waals surface area contributed by atoms with Crippen molar-refractivity contribution >= 4 is 22.0 Å². The topological polar surface area (TPSA) is 110 Å². The van der Waals surface area contributed by atoms with Gasteiger partial charge in [0, 0.05) is 13.0 Å². The Kier molecular flexibility index (Phi) is 8.40. The van der Waals surface area contributed by atoms with E-state index in [2.05, 4.69) is 9.46 Å². The maximum atomic E-state index is 11.6. The van der Waals surface area contributed by atoms with Gasteiger partial charge < -0.3 is 9.84 Å². The summed E-state index contributed by atoms with van der Waals surface area (Å²) in [6, 6.07) is 0. The predicted molar refractivity (Wildman–Crippen MR) is 73.6 cm³/mol. The number of esters is 1.